The molecule has 0 aliphatic carbocycles. The number of nitro benzene ring substituents is 2. The summed E-state index contributed by atoms with van der Waals surface area (Å²) in [6.45, 7) is 0. The molecule has 1 atom stereocenters. The minimum atomic E-state index is -4.87. The summed E-state index contributed by atoms with van der Waals surface area (Å²) in [7, 11) is -4.87. The summed E-state index contributed by atoms with van der Waals surface area (Å²) in [5.41, 5.74) is -1.03. The molecule has 2 rings (SSSR count). The Labute approximate surface area is 158 Å². The zero-order valence-corrected chi connectivity index (χ0v) is 14.9. The van der Waals surface area contributed by atoms with E-state index in [1.165, 1.54) is 0 Å². The standard InChI is InChI=1S/C16H14N2O9S/c19-16(20)14(8-6-11-4-2-1-3-5-11)27-28(25,26)15-9-7-12(17(21)22)10-13(15)18(23)24/h1-5,7,9-10,14H,6,8H2,(H,19,20)/t14-/m1/s1. The van der Waals surface area contributed by atoms with Crippen molar-refractivity contribution in [2.45, 2.75) is 23.8 Å². The molecule has 2 aromatic rings. The van der Waals surface area contributed by atoms with Crippen LogP contribution in [0.25, 0.3) is 0 Å². The molecule has 11 nitrogen and oxygen atoms in total. The van der Waals surface area contributed by atoms with E-state index in [2.05, 4.69) is 0 Å². The first-order valence-electron chi connectivity index (χ1n) is 7.74. The number of non-ortho nitro benzene ring substituents is 1. The molecule has 2 aromatic carbocycles. The maximum absolute atomic E-state index is 12.4. The molecule has 0 saturated carbocycles. The van der Waals surface area contributed by atoms with Crippen LogP contribution in [0, 0.1) is 20.2 Å². The number of nitrogens with zero attached hydrogens (tertiary/aromatic N) is 2. The van der Waals surface area contributed by atoms with Crippen LogP contribution >= 0.6 is 0 Å². The van der Waals surface area contributed by atoms with Gasteiger partial charge < -0.3 is 5.11 Å². The van der Waals surface area contributed by atoms with E-state index in [4.69, 9.17) is 4.18 Å². The summed E-state index contributed by atoms with van der Waals surface area (Å²) in [5, 5.41) is 31.1. The smallest absolute Gasteiger partial charge is 0.334 e. The fourth-order valence-electron chi connectivity index (χ4n) is 2.33. The number of carboxylic acid groups (broad SMARTS) is 1. The van der Waals surface area contributed by atoms with E-state index in [0.29, 0.717) is 12.1 Å². The summed E-state index contributed by atoms with van der Waals surface area (Å²) in [5.74, 6) is -1.57. The van der Waals surface area contributed by atoms with Gasteiger partial charge in [-0.05, 0) is 24.5 Å². The van der Waals surface area contributed by atoms with Gasteiger partial charge in [-0.3, -0.25) is 24.4 Å². The average Bonchev–Trinajstić information content (AvgIpc) is 2.65. The van der Waals surface area contributed by atoms with Crippen molar-refractivity contribution in [3.05, 3.63) is 74.3 Å². The summed E-state index contributed by atoms with van der Waals surface area (Å²) in [6, 6.07) is 10.5. The molecule has 0 aliphatic rings. The monoisotopic (exact) mass is 410 g/mol. The predicted molar refractivity (Wildman–Crippen MR) is 94.2 cm³/mol. The minimum Gasteiger partial charge on any atom is -0.479 e. The van der Waals surface area contributed by atoms with Crippen molar-refractivity contribution >= 4 is 27.5 Å². The van der Waals surface area contributed by atoms with Crippen molar-refractivity contribution in [1.29, 1.82) is 0 Å². The molecule has 0 aromatic heterocycles. The van der Waals surface area contributed by atoms with Gasteiger partial charge >= 0.3 is 16.1 Å². The van der Waals surface area contributed by atoms with Crippen LogP contribution in [0.15, 0.2) is 53.4 Å². The third-order valence-electron chi connectivity index (χ3n) is 3.68. The molecular weight excluding hydrogens is 396 g/mol. The Morgan fingerprint density at radius 3 is 2.25 bits per heavy atom. The lowest BCUT2D eigenvalue weighted by atomic mass is 10.1. The molecule has 0 unspecified atom stereocenters. The molecular formula is C16H14N2O9S. The van der Waals surface area contributed by atoms with E-state index >= 15 is 0 Å². The molecule has 1 N–H and O–H groups in total. The van der Waals surface area contributed by atoms with Crippen molar-refractivity contribution in [2.24, 2.45) is 0 Å². The van der Waals surface area contributed by atoms with Crippen LogP contribution in [0.2, 0.25) is 0 Å². The number of aliphatic carboxylic acids is 1. The van der Waals surface area contributed by atoms with E-state index in [1.807, 2.05) is 0 Å². The molecule has 0 saturated heterocycles. The van der Waals surface area contributed by atoms with Crippen LogP contribution < -0.4 is 0 Å². The van der Waals surface area contributed by atoms with Crippen LogP contribution in [0.4, 0.5) is 11.4 Å². The fraction of sp³-hybridized carbons (Fsp3) is 0.188. The highest BCUT2D eigenvalue weighted by molar-refractivity contribution is 7.87. The lowest BCUT2D eigenvalue weighted by Crippen LogP contribution is -2.28. The number of hydrogen-bond acceptors (Lipinski definition) is 8. The van der Waals surface area contributed by atoms with Gasteiger partial charge in [-0.1, -0.05) is 30.3 Å². The normalized spacial score (nSPS) is 12.3. The second-order valence-corrected chi connectivity index (χ2v) is 7.11. The highest BCUT2D eigenvalue weighted by Crippen LogP contribution is 2.30. The number of carboxylic acids is 1. The quantitative estimate of drug-likeness (QED) is 0.370. The molecule has 12 heteroatoms. The number of nitro groups is 2. The molecule has 0 aliphatic heterocycles. The molecule has 0 radical (unpaired) electrons. The van der Waals surface area contributed by atoms with Gasteiger partial charge in [0.15, 0.2) is 11.0 Å². The topological polar surface area (TPSA) is 167 Å². The second-order valence-electron chi connectivity index (χ2n) is 5.57. The van der Waals surface area contributed by atoms with Crippen molar-refractivity contribution in [1.82, 2.24) is 0 Å². The van der Waals surface area contributed by atoms with Gasteiger partial charge in [-0.25, -0.2) is 4.79 Å². The highest BCUT2D eigenvalue weighted by Gasteiger charge is 2.33. The van der Waals surface area contributed by atoms with Gasteiger partial charge in [0.1, 0.15) is 0 Å². The first-order chi connectivity index (χ1) is 13.1. The van der Waals surface area contributed by atoms with Crippen LogP contribution in [0.5, 0.6) is 0 Å². The van der Waals surface area contributed by atoms with E-state index < -0.39 is 48.3 Å². The Kier molecular flexibility index (Phi) is 6.38. The lowest BCUT2D eigenvalue weighted by molar-refractivity contribution is -0.396. The van der Waals surface area contributed by atoms with Crippen LogP contribution in [0.3, 0.4) is 0 Å². The van der Waals surface area contributed by atoms with Crippen molar-refractivity contribution in [2.75, 3.05) is 0 Å². The molecule has 0 fully saturated rings. The molecule has 0 amide bonds. The van der Waals surface area contributed by atoms with E-state index in [0.717, 1.165) is 11.6 Å². The van der Waals surface area contributed by atoms with Gasteiger partial charge in [0.25, 0.3) is 11.4 Å². The zero-order chi connectivity index (χ0) is 20.9. The minimum absolute atomic E-state index is 0.190. The Morgan fingerprint density at radius 2 is 1.71 bits per heavy atom. The zero-order valence-electron chi connectivity index (χ0n) is 14.1. The van der Waals surface area contributed by atoms with Gasteiger partial charge in [0.05, 0.1) is 15.9 Å². The van der Waals surface area contributed by atoms with Gasteiger partial charge in [0, 0.05) is 6.07 Å². The summed E-state index contributed by atoms with van der Waals surface area (Å²) < 4.78 is 29.5. The summed E-state index contributed by atoms with van der Waals surface area (Å²) >= 11 is 0. The van der Waals surface area contributed by atoms with Gasteiger partial charge in [-0.15, -0.1) is 0 Å². The third-order valence-corrected chi connectivity index (χ3v) is 5.05. The molecule has 0 spiro atoms. The van der Waals surface area contributed by atoms with E-state index in [1.54, 1.807) is 30.3 Å². The largest absolute Gasteiger partial charge is 0.479 e. The Morgan fingerprint density at radius 1 is 1.07 bits per heavy atom. The Balaban J connectivity index is 2.30. The SMILES string of the molecule is O=C(O)[C@@H](CCc1ccccc1)OS(=O)(=O)c1ccc([N+](=O)[O-])cc1[N+](=O)[O-]. The number of benzene rings is 2. The Hall–Kier alpha value is -3.38. The molecule has 148 valence electrons. The van der Waals surface area contributed by atoms with E-state index in [-0.39, 0.29) is 12.8 Å². The van der Waals surface area contributed by atoms with Crippen molar-refractivity contribution in [3.63, 3.8) is 0 Å². The van der Waals surface area contributed by atoms with Crippen LogP contribution in [-0.4, -0.2) is 35.4 Å². The van der Waals surface area contributed by atoms with Crippen LogP contribution in [-0.2, 0) is 25.5 Å². The van der Waals surface area contributed by atoms with Crippen molar-refractivity contribution < 1.29 is 32.3 Å². The molecule has 0 heterocycles. The number of carbonyl (C=O) groups is 1. The van der Waals surface area contributed by atoms with Crippen LogP contribution in [0.1, 0.15) is 12.0 Å². The molecule has 0 bridgehead atoms. The van der Waals surface area contributed by atoms with Gasteiger partial charge in [-0.2, -0.15) is 8.42 Å². The lowest BCUT2D eigenvalue weighted by Gasteiger charge is -2.13. The maximum Gasteiger partial charge on any atom is 0.334 e. The van der Waals surface area contributed by atoms with Gasteiger partial charge in [0.2, 0.25) is 0 Å². The fourth-order valence-corrected chi connectivity index (χ4v) is 3.55. The molecule has 28 heavy (non-hydrogen) atoms. The number of rotatable bonds is 9. The average molecular weight is 410 g/mol. The highest BCUT2D eigenvalue weighted by atomic mass is 32.2. The first kappa shape index (κ1) is 20.9. The summed E-state index contributed by atoms with van der Waals surface area (Å²) in [6.07, 6.45) is -1.81. The second kappa shape index (κ2) is 8.54. The number of aryl methyl sites for hydroxylation is 1. The van der Waals surface area contributed by atoms with E-state index in [9.17, 15) is 38.5 Å². The first-order valence-corrected chi connectivity index (χ1v) is 9.15. The maximum atomic E-state index is 12.4. The third kappa shape index (κ3) is 5.08. The summed E-state index contributed by atoms with van der Waals surface area (Å²) in [4.78, 5) is 30.2. The van der Waals surface area contributed by atoms with Crippen molar-refractivity contribution in [3.8, 4) is 0 Å². The predicted octanol–water partition coefficient (Wildman–Crippen LogP) is 2.29. The Bertz CT molecular complexity index is 1010. The number of hydrogen-bond donors (Lipinski definition) is 1.